The van der Waals surface area contributed by atoms with Gasteiger partial charge in [0.15, 0.2) is 5.82 Å². The van der Waals surface area contributed by atoms with Crippen molar-refractivity contribution in [1.29, 1.82) is 0 Å². The van der Waals surface area contributed by atoms with Crippen molar-refractivity contribution in [2.75, 3.05) is 6.54 Å². The van der Waals surface area contributed by atoms with Crippen LogP contribution in [0.2, 0.25) is 0 Å². The Morgan fingerprint density at radius 2 is 1.49 bits per heavy atom. The Labute approximate surface area is 251 Å². The number of ether oxygens (including phenoxy) is 1. The summed E-state index contributed by atoms with van der Waals surface area (Å²) in [4.78, 5) is 40.3. The Hall–Kier alpha value is -4.53. The molecule has 5 aromatic rings. The average molecular weight is 576 g/mol. The lowest BCUT2D eigenvalue weighted by Crippen LogP contribution is -2.36. The molecule has 3 aromatic heterocycles. The smallest absolute Gasteiger partial charge is 0.410 e. The number of aromatic amines is 2. The number of fused-ring (bicyclic) bond motifs is 1. The molecule has 9 heteroatoms. The molecule has 9 nitrogen and oxygen atoms in total. The maximum Gasteiger partial charge on any atom is 0.410 e. The van der Waals surface area contributed by atoms with Crippen molar-refractivity contribution in [2.45, 2.75) is 76.9 Å². The Morgan fingerprint density at radius 1 is 0.814 bits per heavy atom. The summed E-state index contributed by atoms with van der Waals surface area (Å²) >= 11 is 0. The predicted molar refractivity (Wildman–Crippen MR) is 166 cm³/mol. The second kappa shape index (κ2) is 10.9. The second-order valence-corrected chi connectivity index (χ2v) is 12.7. The lowest BCUT2D eigenvalue weighted by molar-refractivity contribution is 0.0218. The van der Waals surface area contributed by atoms with Crippen molar-refractivity contribution in [3.05, 3.63) is 72.7 Å². The number of imidazole rings is 2. The summed E-state index contributed by atoms with van der Waals surface area (Å²) in [5.74, 6) is 3.13. The summed E-state index contributed by atoms with van der Waals surface area (Å²) in [6.45, 7) is 6.33. The van der Waals surface area contributed by atoms with Crippen LogP contribution < -0.4 is 0 Å². The molecule has 1 amide bonds. The molecule has 43 heavy (non-hydrogen) atoms. The van der Waals surface area contributed by atoms with Crippen molar-refractivity contribution in [1.82, 2.24) is 34.8 Å². The number of benzene rings is 2. The number of carbonyl (C=O) groups is 1. The summed E-state index contributed by atoms with van der Waals surface area (Å²) in [5.41, 5.74) is 5.35. The highest BCUT2D eigenvalue weighted by Crippen LogP contribution is 2.35. The average Bonchev–Trinajstić information content (AvgIpc) is 3.82. The van der Waals surface area contributed by atoms with Crippen LogP contribution in [0.1, 0.15) is 82.9 Å². The van der Waals surface area contributed by atoms with Crippen LogP contribution in [0.15, 0.2) is 61.1 Å². The second-order valence-electron chi connectivity index (χ2n) is 12.7. The van der Waals surface area contributed by atoms with Crippen molar-refractivity contribution < 1.29 is 9.53 Å². The maximum absolute atomic E-state index is 12.7. The molecule has 2 aromatic carbocycles. The minimum atomic E-state index is -0.531. The van der Waals surface area contributed by atoms with Crippen molar-refractivity contribution in [2.24, 2.45) is 0 Å². The predicted octanol–water partition coefficient (Wildman–Crippen LogP) is 7.81. The Kier molecular flexibility index (Phi) is 6.95. The third-order valence-electron chi connectivity index (χ3n) is 8.47. The number of amides is 1. The fraction of sp³-hybridized carbons (Fsp3) is 0.382. The molecule has 1 aliphatic heterocycles. The number of likely N-dealkylation sites (tertiary alicyclic amines) is 1. The van der Waals surface area contributed by atoms with E-state index in [1.165, 1.54) is 25.7 Å². The van der Waals surface area contributed by atoms with Gasteiger partial charge in [0, 0.05) is 35.2 Å². The van der Waals surface area contributed by atoms with Crippen LogP contribution in [0.3, 0.4) is 0 Å². The molecule has 1 saturated carbocycles. The van der Waals surface area contributed by atoms with Gasteiger partial charge in [-0.25, -0.2) is 24.7 Å². The van der Waals surface area contributed by atoms with Gasteiger partial charge in [0.1, 0.15) is 17.2 Å². The molecule has 1 aliphatic carbocycles. The van der Waals surface area contributed by atoms with Crippen LogP contribution in [-0.4, -0.2) is 53.0 Å². The van der Waals surface area contributed by atoms with E-state index < -0.39 is 5.60 Å². The first-order valence-corrected chi connectivity index (χ1v) is 15.3. The third kappa shape index (κ3) is 5.63. The summed E-state index contributed by atoms with van der Waals surface area (Å²) < 4.78 is 5.62. The van der Waals surface area contributed by atoms with Gasteiger partial charge in [-0.05, 0) is 64.2 Å². The van der Waals surface area contributed by atoms with E-state index in [1.54, 1.807) is 4.90 Å². The van der Waals surface area contributed by atoms with E-state index in [0.717, 1.165) is 63.5 Å². The van der Waals surface area contributed by atoms with Gasteiger partial charge in [0.25, 0.3) is 0 Å². The molecular weight excluding hydrogens is 538 g/mol. The number of nitrogens with zero attached hydrogens (tertiary/aromatic N) is 5. The normalized spacial score (nSPS) is 17.7. The first-order valence-electron chi connectivity index (χ1n) is 15.3. The number of aromatic nitrogens is 6. The van der Waals surface area contributed by atoms with Crippen LogP contribution in [0, 0.1) is 0 Å². The highest BCUT2D eigenvalue weighted by Gasteiger charge is 2.34. The van der Waals surface area contributed by atoms with Crippen LogP contribution in [0.5, 0.6) is 0 Å². The summed E-state index contributed by atoms with van der Waals surface area (Å²) in [5, 5.41) is 0.993. The van der Waals surface area contributed by atoms with Gasteiger partial charge in [-0.3, -0.25) is 4.90 Å². The van der Waals surface area contributed by atoms with Crippen LogP contribution in [-0.2, 0) is 4.74 Å². The maximum atomic E-state index is 12.7. The lowest BCUT2D eigenvalue weighted by atomic mass is 10.1. The zero-order valence-electron chi connectivity index (χ0n) is 24.9. The summed E-state index contributed by atoms with van der Waals surface area (Å²) in [6.07, 6.45) is 12.2. The van der Waals surface area contributed by atoms with Gasteiger partial charge in [-0.15, -0.1) is 0 Å². The van der Waals surface area contributed by atoms with E-state index >= 15 is 0 Å². The zero-order chi connectivity index (χ0) is 29.6. The molecule has 1 unspecified atom stereocenters. The first-order chi connectivity index (χ1) is 20.8. The molecule has 4 heterocycles. The van der Waals surface area contributed by atoms with Crippen molar-refractivity contribution in [3.8, 4) is 33.9 Å². The van der Waals surface area contributed by atoms with Crippen LogP contribution in [0.25, 0.3) is 44.8 Å². The number of H-pyrrole nitrogens is 2. The van der Waals surface area contributed by atoms with Crippen molar-refractivity contribution in [3.63, 3.8) is 0 Å². The fourth-order valence-electron chi connectivity index (χ4n) is 6.27. The van der Waals surface area contributed by atoms with E-state index in [1.807, 2.05) is 63.6 Å². The SMILES string of the molecule is CC(C)(C)OC(=O)N1CCCC1c1ncc(-c2ccc(-c3ncc4cc(-c5cnc(C6CCCC6)[nH]5)ccc4n3)cc2)[nH]1. The van der Waals surface area contributed by atoms with Crippen LogP contribution in [0.4, 0.5) is 4.79 Å². The lowest BCUT2D eigenvalue weighted by Gasteiger charge is -2.27. The van der Waals surface area contributed by atoms with Crippen molar-refractivity contribution >= 4 is 17.0 Å². The van der Waals surface area contributed by atoms with Gasteiger partial charge >= 0.3 is 6.09 Å². The fourth-order valence-corrected chi connectivity index (χ4v) is 6.27. The van der Waals surface area contributed by atoms with E-state index in [4.69, 9.17) is 9.72 Å². The van der Waals surface area contributed by atoms with Gasteiger partial charge < -0.3 is 14.7 Å². The molecule has 1 saturated heterocycles. The molecule has 2 fully saturated rings. The molecule has 0 bridgehead atoms. The highest BCUT2D eigenvalue weighted by molar-refractivity contribution is 5.84. The number of rotatable bonds is 5. The Balaban J connectivity index is 1.06. The van der Waals surface area contributed by atoms with E-state index in [2.05, 4.69) is 43.1 Å². The van der Waals surface area contributed by atoms with E-state index in [9.17, 15) is 4.79 Å². The molecule has 7 rings (SSSR count). The van der Waals surface area contributed by atoms with E-state index in [-0.39, 0.29) is 12.1 Å². The molecule has 220 valence electrons. The number of hydrogen-bond donors (Lipinski definition) is 2. The highest BCUT2D eigenvalue weighted by atomic mass is 16.6. The zero-order valence-corrected chi connectivity index (χ0v) is 24.9. The molecular formula is C34H37N7O2. The first kappa shape index (κ1) is 27.3. The van der Waals surface area contributed by atoms with Gasteiger partial charge in [0.05, 0.1) is 35.3 Å². The van der Waals surface area contributed by atoms with Gasteiger partial charge in [-0.2, -0.15) is 0 Å². The standard InChI is InChI=1S/C34H37N7O2/c1-34(2,3)43-33(42)41-16-6-9-29(41)32-37-19-27(40-32)21-10-12-23(13-11-21)31-35-18-25-17-24(14-15-26(25)38-31)28-20-36-30(39-28)22-7-4-5-8-22/h10-15,17-20,22,29H,4-9,16H2,1-3H3,(H,36,39)(H,37,40). The monoisotopic (exact) mass is 575 g/mol. The van der Waals surface area contributed by atoms with E-state index in [0.29, 0.717) is 18.3 Å². The van der Waals surface area contributed by atoms with Gasteiger partial charge in [0.2, 0.25) is 0 Å². The number of nitrogens with one attached hydrogen (secondary N) is 2. The topological polar surface area (TPSA) is 113 Å². The molecule has 1 atom stereocenters. The molecule has 0 radical (unpaired) electrons. The Bertz CT molecular complexity index is 1760. The minimum Gasteiger partial charge on any atom is -0.444 e. The number of hydrogen-bond acceptors (Lipinski definition) is 6. The number of carbonyl (C=O) groups excluding carboxylic acids is 1. The summed E-state index contributed by atoms with van der Waals surface area (Å²) in [6, 6.07) is 14.3. The van der Waals surface area contributed by atoms with Gasteiger partial charge in [-0.1, -0.05) is 43.2 Å². The molecule has 2 N–H and O–H groups in total. The Morgan fingerprint density at radius 3 is 2.26 bits per heavy atom. The largest absolute Gasteiger partial charge is 0.444 e. The minimum absolute atomic E-state index is 0.114. The molecule has 2 aliphatic rings. The quantitative estimate of drug-likeness (QED) is 0.221. The molecule has 0 spiro atoms. The van der Waals surface area contributed by atoms with Crippen LogP contribution >= 0.6 is 0 Å². The third-order valence-corrected chi connectivity index (χ3v) is 8.47. The summed E-state index contributed by atoms with van der Waals surface area (Å²) in [7, 11) is 0.